The zero-order chi connectivity index (χ0) is 16.5. The Kier molecular flexibility index (Phi) is 3.73. The fourth-order valence-corrected chi connectivity index (χ4v) is 2.70. The highest BCUT2D eigenvalue weighted by Gasteiger charge is 2.37. The molecule has 0 radical (unpaired) electrons. The van der Waals surface area contributed by atoms with E-state index in [0.717, 1.165) is 5.52 Å². The molecule has 1 aromatic carbocycles. The van der Waals surface area contributed by atoms with E-state index in [1.54, 1.807) is 6.07 Å². The van der Waals surface area contributed by atoms with Crippen LogP contribution in [0.1, 0.15) is 16.4 Å². The van der Waals surface area contributed by atoms with Gasteiger partial charge in [-0.25, -0.2) is 9.37 Å². The highest BCUT2D eigenvalue weighted by atomic mass is 19.1. The first kappa shape index (κ1) is 14.8. The van der Waals surface area contributed by atoms with Crippen LogP contribution in [-0.2, 0) is 11.3 Å². The highest BCUT2D eigenvalue weighted by Crippen LogP contribution is 2.21. The van der Waals surface area contributed by atoms with Gasteiger partial charge < -0.3 is 18.6 Å². The van der Waals surface area contributed by atoms with E-state index < -0.39 is 18.2 Å². The second-order valence-electron chi connectivity index (χ2n) is 5.53. The van der Waals surface area contributed by atoms with Gasteiger partial charge in [0.25, 0.3) is 5.91 Å². The summed E-state index contributed by atoms with van der Waals surface area (Å²) in [5.74, 6) is 0.0633. The minimum absolute atomic E-state index is 0.0439. The van der Waals surface area contributed by atoms with Crippen molar-refractivity contribution in [2.45, 2.75) is 18.9 Å². The minimum Gasteiger partial charge on any atom is -0.438 e. The normalized spacial score (nSPS) is 20.8. The molecule has 0 aliphatic carbocycles. The summed E-state index contributed by atoms with van der Waals surface area (Å²) in [7, 11) is 0. The largest absolute Gasteiger partial charge is 0.438 e. The topological polar surface area (TPSA) is 81.6 Å². The first-order valence-electron chi connectivity index (χ1n) is 7.51. The quantitative estimate of drug-likeness (QED) is 0.729. The molecule has 7 nitrogen and oxygen atoms in total. The summed E-state index contributed by atoms with van der Waals surface area (Å²) in [6.07, 6.45) is -0.634. The Labute approximate surface area is 136 Å². The van der Waals surface area contributed by atoms with Crippen molar-refractivity contribution in [3.63, 3.8) is 0 Å². The number of nitrogens with zero attached hydrogens (tertiary/aromatic N) is 3. The van der Waals surface area contributed by atoms with Crippen molar-refractivity contribution in [3.8, 4) is 0 Å². The Balaban J connectivity index is 1.39. The molecule has 0 N–H and O–H groups in total. The predicted octanol–water partition coefficient (Wildman–Crippen LogP) is 2.20. The van der Waals surface area contributed by atoms with Crippen LogP contribution >= 0.6 is 0 Å². The third-order valence-electron chi connectivity index (χ3n) is 3.89. The van der Waals surface area contributed by atoms with Crippen LogP contribution in [0.4, 0.5) is 4.39 Å². The van der Waals surface area contributed by atoms with Crippen LogP contribution in [-0.4, -0.2) is 46.3 Å². The maximum Gasteiger partial charge on any atom is 0.292 e. The number of rotatable bonds is 4. The van der Waals surface area contributed by atoms with Gasteiger partial charge in [-0.1, -0.05) is 17.3 Å². The number of hydrogen-bond acceptors (Lipinski definition) is 6. The lowest BCUT2D eigenvalue weighted by molar-refractivity contribution is 0.00261. The molecule has 8 heteroatoms. The summed E-state index contributed by atoms with van der Waals surface area (Å²) in [6.45, 7) is 0.142. The molecular weight excluding hydrogens is 317 g/mol. The van der Waals surface area contributed by atoms with Gasteiger partial charge in [0.1, 0.15) is 24.4 Å². The Morgan fingerprint density at radius 3 is 3.00 bits per heavy atom. The molecule has 0 bridgehead atoms. The standard InChI is InChI=1S/C16H14FN3O4/c17-10-7-20(16(21)13-5-6-18-24-13)8-14(10)22-9-15-19-11-3-1-2-4-12(11)23-15/h1-6,10,14H,7-9H2/t10-,14+/m1/s1. The molecule has 1 amide bonds. The van der Waals surface area contributed by atoms with Gasteiger partial charge in [0.15, 0.2) is 5.58 Å². The maximum absolute atomic E-state index is 14.1. The smallest absolute Gasteiger partial charge is 0.292 e. The van der Waals surface area contributed by atoms with Crippen LogP contribution in [0.2, 0.25) is 0 Å². The highest BCUT2D eigenvalue weighted by molar-refractivity contribution is 5.91. The van der Waals surface area contributed by atoms with Crippen molar-refractivity contribution in [1.82, 2.24) is 15.0 Å². The van der Waals surface area contributed by atoms with Gasteiger partial charge in [0.2, 0.25) is 11.7 Å². The molecule has 2 aromatic heterocycles. The number of oxazole rings is 1. The first-order valence-corrected chi connectivity index (χ1v) is 7.51. The lowest BCUT2D eigenvalue weighted by atomic mass is 10.3. The van der Waals surface area contributed by atoms with Crippen LogP contribution < -0.4 is 0 Å². The van der Waals surface area contributed by atoms with E-state index in [4.69, 9.17) is 13.7 Å². The number of carbonyl (C=O) groups is 1. The van der Waals surface area contributed by atoms with Crippen LogP contribution in [0, 0.1) is 0 Å². The molecule has 1 fully saturated rings. The Morgan fingerprint density at radius 2 is 2.21 bits per heavy atom. The molecule has 3 aromatic rings. The summed E-state index contributed by atoms with van der Waals surface area (Å²) in [4.78, 5) is 17.8. The zero-order valence-corrected chi connectivity index (χ0v) is 12.6. The van der Waals surface area contributed by atoms with Crippen LogP contribution in [0.3, 0.4) is 0 Å². The van der Waals surface area contributed by atoms with Gasteiger partial charge in [-0.3, -0.25) is 4.79 Å². The Hall–Kier alpha value is -2.74. The lowest BCUT2D eigenvalue weighted by Gasteiger charge is -2.14. The number of carbonyl (C=O) groups excluding carboxylic acids is 1. The van der Waals surface area contributed by atoms with E-state index in [1.165, 1.54) is 17.2 Å². The van der Waals surface area contributed by atoms with E-state index in [2.05, 4.69) is 10.1 Å². The molecular formula is C16H14FN3O4. The third-order valence-corrected chi connectivity index (χ3v) is 3.89. The number of hydrogen-bond donors (Lipinski definition) is 0. The van der Waals surface area contributed by atoms with Crippen molar-refractivity contribution in [3.05, 3.63) is 48.2 Å². The van der Waals surface area contributed by atoms with Crippen molar-refractivity contribution in [2.75, 3.05) is 13.1 Å². The molecule has 1 aliphatic heterocycles. The third kappa shape index (κ3) is 2.76. The average Bonchev–Trinajstić information content (AvgIpc) is 3.31. The van der Waals surface area contributed by atoms with Gasteiger partial charge in [-0.2, -0.15) is 0 Å². The Morgan fingerprint density at radius 1 is 1.33 bits per heavy atom. The maximum atomic E-state index is 14.1. The number of amides is 1. The predicted molar refractivity (Wildman–Crippen MR) is 79.9 cm³/mol. The van der Waals surface area contributed by atoms with E-state index in [-0.39, 0.29) is 25.5 Å². The number of fused-ring (bicyclic) bond motifs is 1. The fourth-order valence-electron chi connectivity index (χ4n) is 2.70. The summed E-state index contributed by atoms with van der Waals surface area (Å²) < 4.78 is 30.0. The molecule has 4 rings (SSSR count). The number of halogens is 1. The number of benzene rings is 1. The molecule has 0 saturated carbocycles. The van der Waals surface area contributed by atoms with Crippen molar-refractivity contribution >= 4 is 17.0 Å². The molecule has 124 valence electrons. The van der Waals surface area contributed by atoms with Crippen molar-refractivity contribution in [1.29, 1.82) is 0 Å². The number of ether oxygens (including phenoxy) is 1. The summed E-state index contributed by atoms with van der Waals surface area (Å²) in [5.41, 5.74) is 1.38. The summed E-state index contributed by atoms with van der Waals surface area (Å²) in [6, 6.07) is 8.78. The minimum atomic E-state index is -1.28. The van der Waals surface area contributed by atoms with Gasteiger partial charge >= 0.3 is 0 Å². The molecule has 0 unspecified atom stereocenters. The van der Waals surface area contributed by atoms with E-state index >= 15 is 0 Å². The molecule has 1 saturated heterocycles. The van der Waals surface area contributed by atoms with Gasteiger partial charge in [-0.05, 0) is 12.1 Å². The van der Waals surface area contributed by atoms with Gasteiger partial charge in [-0.15, -0.1) is 0 Å². The number of likely N-dealkylation sites (tertiary alicyclic amines) is 1. The molecule has 1 aliphatic rings. The molecule has 3 heterocycles. The van der Waals surface area contributed by atoms with Gasteiger partial charge in [0.05, 0.1) is 19.3 Å². The SMILES string of the molecule is O=C(c1ccno1)N1C[C@@H](F)[C@@H](OCc2nc3ccccc3o2)C1. The van der Waals surface area contributed by atoms with Crippen molar-refractivity contribution < 1.29 is 22.9 Å². The number of para-hydroxylation sites is 2. The fraction of sp³-hybridized carbons (Fsp3) is 0.312. The van der Waals surface area contributed by atoms with Crippen LogP contribution in [0.15, 0.2) is 45.5 Å². The zero-order valence-electron chi connectivity index (χ0n) is 12.6. The van der Waals surface area contributed by atoms with E-state index in [9.17, 15) is 9.18 Å². The number of aromatic nitrogens is 2. The van der Waals surface area contributed by atoms with Crippen LogP contribution in [0.5, 0.6) is 0 Å². The lowest BCUT2D eigenvalue weighted by Crippen LogP contribution is -2.29. The van der Waals surface area contributed by atoms with Crippen molar-refractivity contribution in [2.24, 2.45) is 0 Å². The monoisotopic (exact) mass is 331 g/mol. The van der Waals surface area contributed by atoms with E-state index in [1.807, 2.05) is 18.2 Å². The van der Waals surface area contributed by atoms with E-state index in [0.29, 0.717) is 11.5 Å². The van der Waals surface area contributed by atoms with Gasteiger partial charge in [0, 0.05) is 6.07 Å². The van der Waals surface area contributed by atoms with Crippen LogP contribution in [0.25, 0.3) is 11.1 Å². The summed E-state index contributed by atoms with van der Waals surface area (Å²) in [5, 5.41) is 3.48. The first-order chi connectivity index (χ1) is 11.7. The summed E-state index contributed by atoms with van der Waals surface area (Å²) >= 11 is 0. The second kappa shape index (κ2) is 6.04. The molecule has 2 atom stereocenters. The second-order valence-corrected chi connectivity index (χ2v) is 5.53. The number of alkyl halides is 1. The molecule has 0 spiro atoms. The Bertz CT molecular complexity index is 815. The average molecular weight is 331 g/mol. The molecule has 24 heavy (non-hydrogen) atoms.